The van der Waals surface area contributed by atoms with Crippen molar-refractivity contribution in [1.29, 1.82) is 0 Å². The molecule has 2 aromatic rings. The van der Waals surface area contributed by atoms with Crippen molar-refractivity contribution in [1.82, 2.24) is 0 Å². The van der Waals surface area contributed by atoms with Crippen LogP contribution in [0, 0.1) is 11.8 Å². The van der Waals surface area contributed by atoms with Gasteiger partial charge in [-0.15, -0.1) is 0 Å². The average Bonchev–Trinajstić information content (AvgIpc) is 2.87. The number of benzene rings is 2. The molecule has 0 saturated heterocycles. The van der Waals surface area contributed by atoms with E-state index in [2.05, 4.69) is 11.8 Å². The van der Waals surface area contributed by atoms with Crippen LogP contribution in [0.1, 0.15) is 42.4 Å². The lowest BCUT2D eigenvalue weighted by Gasteiger charge is -2.26. The minimum atomic E-state index is -0.0758. The first-order chi connectivity index (χ1) is 17.2. The molecule has 7 heteroatoms. The number of hydrogen-bond acceptors (Lipinski definition) is 6. The van der Waals surface area contributed by atoms with Gasteiger partial charge in [0.15, 0.2) is 0 Å². The molecule has 3 rings (SSSR count). The second-order valence-electron chi connectivity index (χ2n) is 8.17. The number of carbonyl (C=O) groups is 2. The molecule has 35 heavy (non-hydrogen) atoms. The molecular weight excluding hydrogens is 444 g/mol. The van der Waals surface area contributed by atoms with Crippen LogP contribution in [0.15, 0.2) is 48.5 Å². The first kappa shape index (κ1) is 26.6. The summed E-state index contributed by atoms with van der Waals surface area (Å²) >= 11 is 0. The van der Waals surface area contributed by atoms with Gasteiger partial charge in [0.25, 0.3) is 0 Å². The van der Waals surface area contributed by atoms with Gasteiger partial charge in [-0.05, 0) is 30.2 Å². The topological polar surface area (TPSA) is 91.1 Å². The summed E-state index contributed by atoms with van der Waals surface area (Å²) in [6, 6.07) is 15.5. The van der Waals surface area contributed by atoms with Crippen molar-refractivity contribution in [3.8, 4) is 11.8 Å². The van der Waals surface area contributed by atoms with E-state index in [9.17, 15) is 9.59 Å². The van der Waals surface area contributed by atoms with Gasteiger partial charge in [-0.2, -0.15) is 0 Å². The summed E-state index contributed by atoms with van der Waals surface area (Å²) in [5, 5.41) is 0. The van der Waals surface area contributed by atoms with Gasteiger partial charge < -0.3 is 24.8 Å². The van der Waals surface area contributed by atoms with Crippen LogP contribution in [-0.2, 0) is 30.3 Å². The highest BCUT2D eigenvalue weighted by Gasteiger charge is 2.21. The Morgan fingerprint density at radius 1 is 0.771 bits per heavy atom. The molecule has 0 radical (unpaired) electrons. The molecule has 1 heterocycles. The number of amides is 1. The van der Waals surface area contributed by atoms with Gasteiger partial charge in [0, 0.05) is 43.5 Å². The van der Waals surface area contributed by atoms with Crippen molar-refractivity contribution in [2.75, 3.05) is 51.1 Å². The van der Waals surface area contributed by atoms with E-state index in [1.807, 2.05) is 48.5 Å². The van der Waals surface area contributed by atoms with Gasteiger partial charge in [-0.3, -0.25) is 9.59 Å². The van der Waals surface area contributed by atoms with Gasteiger partial charge >= 0.3 is 0 Å². The fourth-order valence-electron chi connectivity index (χ4n) is 3.71. The number of Topliss-reactive ketones (excluding diaryl/α,β-unsaturated/α-hetero) is 1. The number of fused-ring (bicyclic) bond motifs is 2. The van der Waals surface area contributed by atoms with Gasteiger partial charge in [0.2, 0.25) is 5.91 Å². The SMILES string of the molecule is NCCOCCOCCOCCCC(=O)CCC(=O)N1Cc2ccccc2C#Cc2ccccc21. The first-order valence-electron chi connectivity index (χ1n) is 12.1. The number of nitrogens with zero attached hydrogens (tertiary/aromatic N) is 1. The van der Waals surface area contributed by atoms with Crippen LogP contribution in [-0.4, -0.2) is 57.9 Å². The Morgan fingerprint density at radius 3 is 2.17 bits per heavy atom. The zero-order chi connectivity index (χ0) is 24.7. The number of carbonyl (C=O) groups excluding carboxylic acids is 2. The van der Waals surface area contributed by atoms with Gasteiger partial charge in [-0.1, -0.05) is 42.2 Å². The number of ketones is 1. The molecule has 1 aliphatic heterocycles. The molecule has 0 bridgehead atoms. The molecule has 0 unspecified atom stereocenters. The van der Waals surface area contributed by atoms with Crippen LogP contribution >= 0.6 is 0 Å². The summed E-state index contributed by atoms with van der Waals surface area (Å²) in [4.78, 5) is 27.3. The van der Waals surface area contributed by atoms with Crippen LogP contribution in [0.25, 0.3) is 0 Å². The van der Waals surface area contributed by atoms with Crippen molar-refractivity contribution >= 4 is 17.4 Å². The third-order valence-corrected chi connectivity index (χ3v) is 5.54. The molecular formula is C28H34N2O5. The highest BCUT2D eigenvalue weighted by Crippen LogP contribution is 2.26. The number of rotatable bonds is 15. The lowest BCUT2D eigenvalue weighted by Crippen LogP contribution is -2.32. The molecule has 0 aliphatic carbocycles. The molecule has 0 saturated carbocycles. The molecule has 186 valence electrons. The second kappa shape index (κ2) is 15.1. The summed E-state index contributed by atoms with van der Waals surface area (Å²) < 4.78 is 16.1. The fraction of sp³-hybridized carbons (Fsp3) is 0.429. The first-order valence-corrected chi connectivity index (χ1v) is 12.1. The summed E-state index contributed by atoms with van der Waals surface area (Å²) in [6.45, 7) is 3.95. The lowest BCUT2D eigenvalue weighted by atomic mass is 10.0. The summed E-state index contributed by atoms with van der Waals surface area (Å²) in [5.41, 5.74) is 8.85. The third kappa shape index (κ3) is 8.93. The van der Waals surface area contributed by atoms with Crippen molar-refractivity contribution in [2.45, 2.75) is 32.2 Å². The standard InChI is InChI=1S/C28H34N2O5/c29-15-17-34-19-21-35-20-18-33-16-5-9-26(31)13-14-28(32)30-22-25-8-2-1-6-23(25)11-12-24-7-3-4-10-27(24)30/h1-4,6-8,10H,5,9,13-22,29H2. The maximum atomic E-state index is 13.2. The quantitative estimate of drug-likeness (QED) is 0.313. The predicted molar refractivity (Wildman–Crippen MR) is 135 cm³/mol. The Balaban J connectivity index is 1.39. The number of nitrogens with two attached hydrogens (primary N) is 1. The van der Waals surface area contributed by atoms with Crippen LogP contribution in [0.5, 0.6) is 0 Å². The molecule has 1 aliphatic rings. The maximum absolute atomic E-state index is 13.2. The minimum Gasteiger partial charge on any atom is -0.379 e. The number of ether oxygens (including phenoxy) is 3. The van der Waals surface area contributed by atoms with Crippen molar-refractivity contribution in [3.05, 3.63) is 65.2 Å². The zero-order valence-electron chi connectivity index (χ0n) is 20.2. The Morgan fingerprint density at radius 2 is 1.40 bits per heavy atom. The summed E-state index contributed by atoms with van der Waals surface area (Å²) in [6.07, 6.45) is 1.41. The smallest absolute Gasteiger partial charge is 0.227 e. The van der Waals surface area contributed by atoms with Gasteiger partial charge in [0.1, 0.15) is 5.78 Å². The van der Waals surface area contributed by atoms with E-state index in [0.717, 1.165) is 22.4 Å². The van der Waals surface area contributed by atoms with E-state index in [1.54, 1.807) is 4.90 Å². The normalized spacial score (nSPS) is 12.1. The Bertz CT molecular complexity index is 1030. The van der Waals surface area contributed by atoms with E-state index < -0.39 is 0 Å². The second-order valence-corrected chi connectivity index (χ2v) is 8.17. The molecule has 0 atom stereocenters. The van der Waals surface area contributed by atoms with Crippen molar-refractivity contribution < 1.29 is 23.8 Å². The van der Waals surface area contributed by atoms with Crippen LogP contribution in [0.4, 0.5) is 5.69 Å². The molecule has 0 spiro atoms. The number of para-hydroxylation sites is 1. The average molecular weight is 479 g/mol. The maximum Gasteiger partial charge on any atom is 0.227 e. The van der Waals surface area contributed by atoms with Crippen molar-refractivity contribution in [3.63, 3.8) is 0 Å². The van der Waals surface area contributed by atoms with E-state index >= 15 is 0 Å². The van der Waals surface area contributed by atoms with Crippen LogP contribution < -0.4 is 10.6 Å². The number of anilines is 1. The molecule has 2 aromatic carbocycles. The molecule has 0 aromatic heterocycles. The largest absolute Gasteiger partial charge is 0.379 e. The Labute approximate surface area is 207 Å². The van der Waals surface area contributed by atoms with Gasteiger partial charge in [0.05, 0.1) is 45.3 Å². The van der Waals surface area contributed by atoms with E-state index in [-0.39, 0.29) is 24.5 Å². The van der Waals surface area contributed by atoms with E-state index in [1.165, 1.54) is 0 Å². The summed E-state index contributed by atoms with van der Waals surface area (Å²) in [7, 11) is 0. The molecule has 1 amide bonds. The number of hydrogen-bond donors (Lipinski definition) is 1. The molecule has 2 N–H and O–H groups in total. The predicted octanol–water partition coefficient (Wildman–Crippen LogP) is 3.07. The highest BCUT2D eigenvalue weighted by atomic mass is 16.5. The van der Waals surface area contributed by atoms with E-state index in [4.69, 9.17) is 19.9 Å². The minimum absolute atomic E-state index is 0.0655. The van der Waals surface area contributed by atoms with Gasteiger partial charge in [-0.25, -0.2) is 0 Å². The molecule has 0 fully saturated rings. The monoisotopic (exact) mass is 478 g/mol. The third-order valence-electron chi connectivity index (χ3n) is 5.54. The highest BCUT2D eigenvalue weighted by molar-refractivity contribution is 5.97. The fourth-order valence-corrected chi connectivity index (χ4v) is 3.71. The zero-order valence-corrected chi connectivity index (χ0v) is 20.2. The van der Waals surface area contributed by atoms with E-state index in [0.29, 0.717) is 65.6 Å². The summed E-state index contributed by atoms with van der Waals surface area (Å²) in [5.74, 6) is 6.39. The Kier molecular flexibility index (Phi) is 11.4. The molecule has 7 nitrogen and oxygen atoms in total. The Hall–Kier alpha value is -3.02. The van der Waals surface area contributed by atoms with Crippen LogP contribution in [0.2, 0.25) is 0 Å². The lowest BCUT2D eigenvalue weighted by molar-refractivity contribution is -0.124. The van der Waals surface area contributed by atoms with Crippen molar-refractivity contribution in [2.24, 2.45) is 5.73 Å². The van der Waals surface area contributed by atoms with Crippen LogP contribution in [0.3, 0.4) is 0 Å².